The van der Waals surface area contributed by atoms with E-state index < -0.39 is 0 Å². The summed E-state index contributed by atoms with van der Waals surface area (Å²) in [7, 11) is 0. The van der Waals surface area contributed by atoms with Crippen LogP contribution in [-0.4, -0.2) is 31.1 Å². The van der Waals surface area contributed by atoms with Crippen LogP contribution in [0.15, 0.2) is 67.3 Å². The lowest BCUT2D eigenvalue weighted by Gasteiger charge is -2.27. The normalized spacial score (nSPS) is 19.9. The molecule has 0 aliphatic carbocycles. The molecule has 0 aromatic carbocycles. The quantitative estimate of drug-likeness (QED) is 0.733. The summed E-state index contributed by atoms with van der Waals surface area (Å²) in [6.45, 7) is 2.96. The highest BCUT2D eigenvalue weighted by Crippen LogP contribution is 2.39. The Balaban J connectivity index is 1.81. The van der Waals surface area contributed by atoms with E-state index in [1.54, 1.807) is 6.20 Å². The Labute approximate surface area is 152 Å². The largest absolute Gasteiger partial charge is 0.352 e. The van der Waals surface area contributed by atoms with Gasteiger partial charge in [0.1, 0.15) is 0 Å². The number of pyridine rings is 2. The van der Waals surface area contributed by atoms with Crippen molar-refractivity contribution in [3.63, 3.8) is 0 Å². The van der Waals surface area contributed by atoms with Crippen molar-refractivity contribution >= 4 is 17.3 Å². The first-order valence-electron chi connectivity index (χ1n) is 8.35. The molecule has 0 radical (unpaired) electrons. The van der Waals surface area contributed by atoms with Crippen LogP contribution in [0.4, 0.5) is 0 Å². The molecule has 0 unspecified atom stereocenters. The van der Waals surface area contributed by atoms with Gasteiger partial charge in [0.05, 0.1) is 29.7 Å². The SMILES string of the molecule is CCN1C(=S)N[C@@H](c2ccccn2)[C@H]1c1cccn1-c1cccnc1. The number of thiocarbonyl (C=S) groups is 1. The fourth-order valence-corrected chi connectivity index (χ4v) is 3.80. The second kappa shape index (κ2) is 6.64. The molecule has 1 saturated heterocycles. The molecule has 1 aliphatic heterocycles. The fourth-order valence-electron chi connectivity index (χ4n) is 3.43. The van der Waals surface area contributed by atoms with Crippen LogP contribution in [0.25, 0.3) is 5.69 Å². The molecule has 0 saturated carbocycles. The summed E-state index contributed by atoms with van der Waals surface area (Å²) in [5.74, 6) is 0. The van der Waals surface area contributed by atoms with Gasteiger partial charge in [-0.05, 0) is 55.5 Å². The zero-order valence-electron chi connectivity index (χ0n) is 13.9. The minimum Gasteiger partial charge on any atom is -0.352 e. The van der Waals surface area contributed by atoms with Crippen molar-refractivity contribution in [3.05, 3.63) is 78.6 Å². The number of rotatable bonds is 4. The summed E-state index contributed by atoms with van der Waals surface area (Å²) in [6, 6.07) is 14.3. The molecule has 3 aromatic rings. The van der Waals surface area contributed by atoms with Crippen LogP contribution < -0.4 is 5.32 Å². The van der Waals surface area contributed by atoms with Crippen molar-refractivity contribution in [1.29, 1.82) is 0 Å². The van der Waals surface area contributed by atoms with Crippen LogP contribution in [0.3, 0.4) is 0 Å². The van der Waals surface area contributed by atoms with E-state index in [-0.39, 0.29) is 12.1 Å². The summed E-state index contributed by atoms with van der Waals surface area (Å²) in [5.41, 5.74) is 3.19. The molecule has 3 aromatic heterocycles. The molecule has 1 aliphatic rings. The monoisotopic (exact) mass is 349 g/mol. The van der Waals surface area contributed by atoms with Gasteiger partial charge in [-0.25, -0.2) is 0 Å². The Morgan fingerprint density at radius 1 is 1.12 bits per heavy atom. The number of aromatic nitrogens is 3. The van der Waals surface area contributed by atoms with Gasteiger partial charge in [-0.1, -0.05) is 6.07 Å². The van der Waals surface area contributed by atoms with E-state index in [4.69, 9.17) is 12.2 Å². The van der Waals surface area contributed by atoms with E-state index in [0.717, 1.165) is 28.7 Å². The predicted octanol–water partition coefficient (Wildman–Crippen LogP) is 3.26. The van der Waals surface area contributed by atoms with Crippen molar-refractivity contribution in [2.75, 3.05) is 6.54 Å². The highest BCUT2D eigenvalue weighted by molar-refractivity contribution is 7.80. The molecule has 1 N–H and O–H groups in total. The van der Waals surface area contributed by atoms with Crippen molar-refractivity contribution in [2.45, 2.75) is 19.0 Å². The molecule has 0 bridgehead atoms. The van der Waals surface area contributed by atoms with Gasteiger partial charge >= 0.3 is 0 Å². The topological polar surface area (TPSA) is 46.0 Å². The third-order valence-corrected chi connectivity index (χ3v) is 4.90. The average Bonchev–Trinajstić information content (AvgIpc) is 3.27. The number of hydrogen-bond donors (Lipinski definition) is 1. The molecule has 25 heavy (non-hydrogen) atoms. The third kappa shape index (κ3) is 2.78. The van der Waals surface area contributed by atoms with Crippen molar-refractivity contribution in [2.24, 2.45) is 0 Å². The first-order valence-corrected chi connectivity index (χ1v) is 8.76. The maximum Gasteiger partial charge on any atom is 0.170 e. The highest BCUT2D eigenvalue weighted by atomic mass is 32.1. The zero-order valence-corrected chi connectivity index (χ0v) is 14.7. The maximum absolute atomic E-state index is 5.59. The Kier molecular flexibility index (Phi) is 4.19. The Hall–Kier alpha value is -2.73. The standard InChI is InChI=1S/C19H19N5S/c1-2-23-18(17(22-19(23)25)15-8-3-4-11-21-15)16-9-6-12-24(16)14-7-5-10-20-13-14/h3-13,17-18H,2H2,1H3,(H,22,25)/t17-,18+/m0/s1. The van der Waals surface area contributed by atoms with Gasteiger partial charge in [0.25, 0.3) is 0 Å². The van der Waals surface area contributed by atoms with Crippen LogP contribution in [0.1, 0.15) is 30.4 Å². The molecule has 0 spiro atoms. The summed E-state index contributed by atoms with van der Waals surface area (Å²) >= 11 is 5.59. The summed E-state index contributed by atoms with van der Waals surface area (Å²) in [4.78, 5) is 11.0. The molecule has 1 fully saturated rings. The van der Waals surface area contributed by atoms with Crippen molar-refractivity contribution in [3.8, 4) is 5.69 Å². The zero-order chi connectivity index (χ0) is 17.2. The van der Waals surface area contributed by atoms with Crippen molar-refractivity contribution in [1.82, 2.24) is 24.8 Å². The van der Waals surface area contributed by atoms with Gasteiger partial charge in [-0.3, -0.25) is 9.97 Å². The molecule has 2 atom stereocenters. The van der Waals surface area contributed by atoms with Crippen LogP contribution in [0.2, 0.25) is 0 Å². The van der Waals surface area contributed by atoms with Crippen LogP contribution >= 0.6 is 12.2 Å². The number of nitrogens with zero attached hydrogens (tertiary/aromatic N) is 4. The summed E-state index contributed by atoms with van der Waals surface area (Å²) < 4.78 is 2.17. The number of nitrogens with one attached hydrogen (secondary N) is 1. The van der Waals surface area contributed by atoms with Crippen LogP contribution in [-0.2, 0) is 0 Å². The van der Waals surface area contributed by atoms with Gasteiger partial charge in [-0.15, -0.1) is 0 Å². The predicted molar refractivity (Wildman–Crippen MR) is 101 cm³/mol. The third-order valence-electron chi connectivity index (χ3n) is 4.55. The van der Waals surface area contributed by atoms with Gasteiger partial charge in [0.15, 0.2) is 5.11 Å². The van der Waals surface area contributed by atoms with E-state index in [1.807, 2.05) is 36.7 Å². The van der Waals surface area contributed by atoms with Crippen molar-refractivity contribution < 1.29 is 0 Å². The Bertz CT molecular complexity index is 862. The van der Waals surface area contributed by atoms with E-state index in [1.165, 1.54) is 0 Å². The smallest absolute Gasteiger partial charge is 0.170 e. The van der Waals surface area contributed by atoms with E-state index in [9.17, 15) is 0 Å². The molecule has 4 rings (SSSR count). The minimum atomic E-state index is 0.0129. The van der Waals surface area contributed by atoms with E-state index in [0.29, 0.717) is 0 Å². The molecule has 6 heteroatoms. The number of likely N-dealkylation sites (N-methyl/N-ethyl adjacent to an activating group) is 1. The molecular weight excluding hydrogens is 330 g/mol. The van der Waals surface area contributed by atoms with Gasteiger partial charge in [0, 0.05) is 30.8 Å². The molecule has 126 valence electrons. The molecule has 0 amide bonds. The lowest BCUT2D eigenvalue weighted by atomic mass is 10.0. The Morgan fingerprint density at radius 3 is 2.76 bits per heavy atom. The fraction of sp³-hybridized carbons (Fsp3) is 0.211. The summed E-state index contributed by atoms with van der Waals surface area (Å²) in [5, 5.41) is 4.22. The second-order valence-electron chi connectivity index (χ2n) is 5.93. The van der Waals surface area contributed by atoms with E-state index >= 15 is 0 Å². The Morgan fingerprint density at radius 2 is 2.04 bits per heavy atom. The molecule has 5 nitrogen and oxygen atoms in total. The van der Waals surface area contributed by atoms with Gasteiger partial charge < -0.3 is 14.8 Å². The highest BCUT2D eigenvalue weighted by Gasteiger charge is 2.40. The lowest BCUT2D eigenvalue weighted by Crippen LogP contribution is -2.30. The molecular formula is C19H19N5S. The first kappa shape index (κ1) is 15.8. The lowest BCUT2D eigenvalue weighted by molar-refractivity contribution is 0.321. The van der Waals surface area contributed by atoms with E-state index in [2.05, 4.69) is 56.1 Å². The number of hydrogen-bond acceptors (Lipinski definition) is 3. The summed E-state index contributed by atoms with van der Waals surface area (Å²) in [6.07, 6.45) is 7.55. The second-order valence-corrected chi connectivity index (χ2v) is 6.31. The van der Waals surface area contributed by atoms with Gasteiger partial charge in [0.2, 0.25) is 0 Å². The van der Waals surface area contributed by atoms with Gasteiger partial charge in [-0.2, -0.15) is 0 Å². The minimum absolute atomic E-state index is 0.0129. The average molecular weight is 349 g/mol. The maximum atomic E-state index is 5.59. The van der Waals surface area contributed by atoms with Crippen LogP contribution in [0, 0.1) is 0 Å². The van der Waals surface area contributed by atoms with Crippen LogP contribution in [0.5, 0.6) is 0 Å². The first-order chi connectivity index (χ1) is 12.3. The molecule has 4 heterocycles.